The van der Waals surface area contributed by atoms with Crippen LogP contribution in [0.1, 0.15) is 258 Å². The monoisotopic (exact) mass is 790 g/mol. The molecule has 0 aromatic rings. The van der Waals surface area contributed by atoms with Crippen molar-refractivity contribution in [2.75, 3.05) is 6.61 Å². The summed E-state index contributed by atoms with van der Waals surface area (Å²) in [7, 11) is 0. The van der Waals surface area contributed by atoms with Gasteiger partial charge in [0, 0.05) is 6.42 Å². The van der Waals surface area contributed by atoms with Crippen molar-refractivity contribution < 1.29 is 24.5 Å². The third kappa shape index (κ3) is 39.2. The average molecular weight is 790 g/mol. The van der Waals surface area contributed by atoms with Gasteiger partial charge < -0.3 is 20.3 Å². The summed E-state index contributed by atoms with van der Waals surface area (Å²) in [5.74, 6) is -0.544. The van der Waals surface area contributed by atoms with E-state index in [1.165, 1.54) is 161 Å². The van der Waals surface area contributed by atoms with Gasteiger partial charge in [0.2, 0.25) is 5.91 Å². The summed E-state index contributed by atoms with van der Waals surface area (Å²) in [5, 5.41) is 23.6. The number of nitrogens with one attached hydrogen (secondary N) is 1. The van der Waals surface area contributed by atoms with Crippen LogP contribution in [0.3, 0.4) is 0 Å². The Balaban J connectivity index is 4.63. The van der Waals surface area contributed by atoms with E-state index in [1.54, 1.807) is 0 Å². The molecule has 1 amide bonds. The zero-order valence-corrected chi connectivity index (χ0v) is 37.5. The fraction of sp³-hybridized carbons (Fsp3) is 0.880. The van der Waals surface area contributed by atoms with E-state index in [4.69, 9.17) is 4.74 Å². The Morgan fingerprint density at radius 2 is 0.911 bits per heavy atom. The highest BCUT2D eigenvalue weighted by Gasteiger charge is 2.24. The summed E-state index contributed by atoms with van der Waals surface area (Å²) in [6.45, 7) is 6.45. The molecule has 0 aliphatic carbocycles. The van der Waals surface area contributed by atoms with Crippen molar-refractivity contribution in [3.8, 4) is 0 Å². The van der Waals surface area contributed by atoms with Crippen LogP contribution in [0.4, 0.5) is 0 Å². The molecule has 0 spiro atoms. The van der Waals surface area contributed by atoms with E-state index >= 15 is 0 Å². The van der Waals surface area contributed by atoms with Crippen molar-refractivity contribution in [3.05, 3.63) is 24.3 Å². The third-order valence-electron chi connectivity index (χ3n) is 11.3. The maximum atomic E-state index is 13.1. The second kappa shape index (κ2) is 44.4. The normalized spacial score (nSPS) is 13.4. The number of unbranched alkanes of at least 4 members (excludes halogenated alkanes) is 28. The second-order valence-corrected chi connectivity index (χ2v) is 16.9. The molecule has 0 aromatic carbocycles. The van der Waals surface area contributed by atoms with Gasteiger partial charge in [0.15, 0.2) is 0 Å². The van der Waals surface area contributed by atoms with E-state index in [9.17, 15) is 19.8 Å². The van der Waals surface area contributed by atoms with Crippen LogP contribution in [0, 0.1) is 0 Å². The van der Waals surface area contributed by atoms with Gasteiger partial charge in [-0.05, 0) is 44.9 Å². The van der Waals surface area contributed by atoms with Gasteiger partial charge in [0.25, 0.3) is 0 Å². The lowest BCUT2D eigenvalue weighted by atomic mass is 10.0. The molecule has 0 saturated carbocycles. The van der Waals surface area contributed by atoms with Crippen molar-refractivity contribution >= 4 is 11.9 Å². The Morgan fingerprint density at radius 1 is 0.518 bits per heavy atom. The minimum absolute atomic E-state index is 0.0604. The first kappa shape index (κ1) is 54.3. The summed E-state index contributed by atoms with van der Waals surface area (Å²) in [4.78, 5) is 26.0. The molecule has 330 valence electrons. The molecule has 0 aliphatic rings. The number of rotatable bonds is 44. The first-order valence-corrected chi connectivity index (χ1v) is 24.6. The van der Waals surface area contributed by atoms with Gasteiger partial charge in [-0.25, -0.2) is 0 Å². The fourth-order valence-electron chi connectivity index (χ4n) is 7.54. The third-order valence-corrected chi connectivity index (χ3v) is 11.3. The molecule has 0 aromatic heterocycles. The van der Waals surface area contributed by atoms with Gasteiger partial charge in [-0.2, -0.15) is 0 Å². The quantitative estimate of drug-likeness (QED) is 0.0324. The number of hydrogen-bond acceptors (Lipinski definition) is 5. The number of hydrogen-bond donors (Lipinski definition) is 3. The van der Waals surface area contributed by atoms with Crippen LogP contribution < -0.4 is 5.32 Å². The molecule has 6 heteroatoms. The zero-order valence-electron chi connectivity index (χ0n) is 37.5. The van der Waals surface area contributed by atoms with Gasteiger partial charge in [-0.3, -0.25) is 9.59 Å². The number of aliphatic hydroxyl groups is 2. The average Bonchev–Trinajstić information content (AvgIpc) is 3.19. The van der Waals surface area contributed by atoms with Crippen molar-refractivity contribution in [1.82, 2.24) is 5.32 Å². The van der Waals surface area contributed by atoms with Gasteiger partial charge in [-0.15, -0.1) is 0 Å². The van der Waals surface area contributed by atoms with Gasteiger partial charge in [0.05, 0.1) is 25.2 Å². The van der Waals surface area contributed by atoms with Gasteiger partial charge in [-0.1, -0.05) is 225 Å². The highest BCUT2D eigenvalue weighted by Crippen LogP contribution is 2.18. The summed E-state index contributed by atoms with van der Waals surface area (Å²) in [6.07, 6.45) is 49.6. The van der Waals surface area contributed by atoms with E-state index in [2.05, 4.69) is 44.3 Å². The molecule has 0 rings (SSSR count). The van der Waals surface area contributed by atoms with Crippen LogP contribution in [-0.4, -0.2) is 46.9 Å². The van der Waals surface area contributed by atoms with Crippen LogP contribution >= 0.6 is 0 Å². The summed E-state index contributed by atoms with van der Waals surface area (Å²) >= 11 is 0. The predicted molar refractivity (Wildman–Crippen MR) is 241 cm³/mol. The largest absolute Gasteiger partial charge is 0.462 e. The van der Waals surface area contributed by atoms with Crippen LogP contribution in [0.25, 0.3) is 0 Å². The van der Waals surface area contributed by atoms with Crippen molar-refractivity contribution in [2.45, 2.75) is 277 Å². The van der Waals surface area contributed by atoms with E-state index in [0.29, 0.717) is 25.7 Å². The number of carbonyl (C=O) groups excluding carboxylic acids is 2. The fourth-order valence-corrected chi connectivity index (χ4v) is 7.54. The Bertz CT molecular complexity index is 889. The number of ether oxygens (including phenoxy) is 1. The lowest BCUT2D eigenvalue weighted by Gasteiger charge is -2.24. The second-order valence-electron chi connectivity index (χ2n) is 16.9. The molecular formula is C50H95NO5. The summed E-state index contributed by atoms with van der Waals surface area (Å²) < 4.78 is 5.88. The molecule has 56 heavy (non-hydrogen) atoms. The molecular weight excluding hydrogens is 695 g/mol. The smallest absolute Gasteiger partial charge is 0.306 e. The van der Waals surface area contributed by atoms with Crippen LogP contribution in [0.2, 0.25) is 0 Å². The molecule has 0 aliphatic heterocycles. The van der Waals surface area contributed by atoms with Crippen LogP contribution in [-0.2, 0) is 14.3 Å². The van der Waals surface area contributed by atoms with E-state index < -0.39 is 18.2 Å². The molecule has 0 fully saturated rings. The van der Waals surface area contributed by atoms with E-state index in [-0.39, 0.29) is 24.9 Å². The summed E-state index contributed by atoms with van der Waals surface area (Å²) in [5.41, 5.74) is 0. The van der Waals surface area contributed by atoms with Crippen LogP contribution in [0.15, 0.2) is 24.3 Å². The van der Waals surface area contributed by atoms with Crippen molar-refractivity contribution in [1.29, 1.82) is 0 Å². The summed E-state index contributed by atoms with van der Waals surface area (Å²) in [6, 6.07) is -0.705. The topological polar surface area (TPSA) is 95.9 Å². The van der Waals surface area contributed by atoms with Gasteiger partial charge in [0.1, 0.15) is 6.10 Å². The Kier molecular flexibility index (Phi) is 43.1. The maximum absolute atomic E-state index is 13.1. The molecule has 3 unspecified atom stereocenters. The SMILES string of the molecule is CCCCCCCC/C=C\C/C=C/CCC(=O)OC(CCCCCCCCCCCCCCCCC)CC(=O)NC(CO)C(O)CCCCCCCCCCC. The minimum Gasteiger partial charge on any atom is -0.462 e. The molecule has 0 bridgehead atoms. The highest BCUT2D eigenvalue weighted by atomic mass is 16.5. The number of esters is 1. The zero-order chi connectivity index (χ0) is 41.0. The molecule has 3 atom stereocenters. The highest BCUT2D eigenvalue weighted by molar-refractivity contribution is 5.77. The first-order valence-electron chi connectivity index (χ1n) is 24.6. The standard InChI is InChI=1S/C50H95NO5/c1-4-7-10-13-16-19-21-23-24-26-27-30-32-35-38-41-46(56-50(55)43-40-37-34-31-28-25-22-20-17-14-11-8-5-2)44-49(54)51-47(45-52)48(53)42-39-36-33-29-18-15-12-9-6-3/h25,28,34,37,46-48,52-53H,4-24,26-27,29-33,35-36,38-45H2,1-3H3,(H,51,54)/b28-25-,37-34+. The van der Waals surface area contributed by atoms with Crippen molar-refractivity contribution in [2.24, 2.45) is 0 Å². The predicted octanol–water partition coefficient (Wildman–Crippen LogP) is 14.3. The molecule has 0 radical (unpaired) electrons. The molecule has 6 nitrogen and oxygen atoms in total. The van der Waals surface area contributed by atoms with E-state index in [1.807, 2.05) is 6.08 Å². The molecule has 0 heterocycles. The Morgan fingerprint density at radius 3 is 1.36 bits per heavy atom. The number of carbonyl (C=O) groups is 2. The number of allylic oxidation sites excluding steroid dienone is 4. The first-order chi connectivity index (χ1) is 27.5. The maximum Gasteiger partial charge on any atom is 0.306 e. The van der Waals surface area contributed by atoms with E-state index in [0.717, 1.165) is 44.9 Å². The number of aliphatic hydroxyl groups excluding tert-OH is 2. The van der Waals surface area contributed by atoms with Crippen molar-refractivity contribution in [3.63, 3.8) is 0 Å². The molecule has 3 N–H and O–H groups in total. The lowest BCUT2D eigenvalue weighted by Crippen LogP contribution is -2.46. The lowest BCUT2D eigenvalue weighted by molar-refractivity contribution is -0.150. The Labute approximate surface area is 348 Å². The minimum atomic E-state index is -0.790. The Hall–Kier alpha value is -1.66. The number of amides is 1. The molecule has 0 saturated heterocycles. The van der Waals surface area contributed by atoms with Crippen LogP contribution in [0.5, 0.6) is 0 Å². The van der Waals surface area contributed by atoms with Gasteiger partial charge >= 0.3 is 5.97 Å².